The Hall–Kier alpha value is -1.01. The molecule has 13 heavy (non-hydrogen) atoms. The van der Waals surface area contributed by atoms with Crippen LogP contribution in [0.1, 0.15) is 17.0 Å². The van der Waals surface area contributed by atoms with Gasteiger partial charge in [-0.1, -0.05) is 42.5 Å². The molecule has 0 aromatic heterocycles. The molecule has 0 bridgehead atoms. The summed E-state index contributed by atoms with van der Waals surface area (Å²) in [6.45, 7) is 0. The first-order chi connectivity index (χ1) is 6.42. The van der Waals surface area contributed by atoms with Gasteiger partial charge in [-0.05, 0) is 17.2 Å². The Morgan fingerprint density at radius 1 is 1.54 bits per heavy atom. The van der Waals surface area contributed by atoms with Crippen LogP contribution in [0.25, 0.3) is 6.08 Å². The second kappa shape index (κ2) is 3.80. The highest BCUT2D eigenvalue weighted by Gasteiger charge is 2.12. The van der Waals surface area contributed by atoms with E-state index in [9.17, 15) is 0 Å². The van der Waals surface area contributed by atoms with E-state index in [2.05, 4.69) is 30.4 Å². The Kier molecular flexibility index (Phi) is 2.51. The minimum Gasteiger partial charge on any atom is -0.122 e. The molecule has 0 N–H and O–H groups in total. The van der Waals surface area contributed by atoms with Crippen molar-refractivity contribution in [1.82, 2.24) is 0 Å². The Bertz CT molecular complexity index is 350. The largest absolute Gasteiger partial charge is 0.122 e. The van der Waals surface area contributed by atoms with Crippen LogP contribution in [-0.4, -0.2) is 5.88 Å². The van der Waals surface area contributed by atoms with Gasteiger partial charge in [0.1, 0.15) is 0 Å². The molecule has 1 atom stereocenters. The van der Waals surface area contributed by atoms with Crippen molar-refractivity contribution in [2.45, 2.75) is 5.92 Å². The fraction of sp³-hybridized carbons (Fsp3) is 0.167. The lowest BCUT2D eigenvalue weighted by Crippen LogP contribution is -1.88. The number of allylic oxidation sites excluding steroid dienone is 3. The summed E-state index contributed by atoms with van der Waals surface area (Å²) in [6, 6.07) is 9.32. The number of hydrogen-bond donors (Lipinski definition) is 0. The molecule has 1 heteroatoms. The molecular weight excluding hydrogens is 180 g/mol. The predicted molar refractivity (Wildman–Crippen MR) is 56.9 cm³/mol. The first-order valence-electron chi connectivity index (χ1n) is 4.33. The molecule has 1 aliphatic rings. The standard InChI is InChI=1S/C12H10Cl/c13-9-3-5-11-8-7-10-4-1-2-6-12(10)11/h1-5,7-8,11H,9H2. The van der Waals surface area contributed by atoms with Gasteiger partial charge in [-0.2, -0.15) is 0 Å². The molecule has 0 saturated carbocycles. The third-order valence-corrected chi connectivity index (χ3v) is 2.35. The predicted octanol–water partition coefficient (Wildman–Crippen LogP) is 3.39. The lowest BCUT2D eigenvalue weighted by molar-refractivity contribution is 1.10. The van der Waals surface area contributed by atoms with Crippen LogP contribution in [0.3, 0.4) is 0 Å². The van der Waals surface area contributed by atoms with Crippen molar-refractivity contribution in [3.63, 3.8) is 0 Å². The number of fused-ring (bicyclic) bond motifs is 1. The van der Waals surface area contributed by atoms with Crippen molar-refractivity contribution in [1.29, 1.82) is 0 Å². The van der Waals surface area contributed by atoms with E-state index in [1.54, 1.807) is 0 Å². The summed E-state index contributed by atoms with van der Waals surface area (Å²) in [5.74, 6) is 0.946. The van der Waals surface area contributed by atoms with Crippen molar-refractivity contribution in [3.8, 4) is 0 Å². The quantitative estimate of drug-likeness (QED) is 0.494. The normalized spacial score (nSPS) is 19.6. The second-order valence-electron chi connectivity index (χ2n) is 3.01. The van der Waals surface area contributed by atoms with Gasteiger partial charge in [0, 0.05) is 11.8 Å². The van der Waals surface area contributed by atoms with Crippen LogP contribution in [0, 0.1) is 6.07 Å². The summed E-state index contributed by atoms with van der Waals surface area (Å²) in [4.78, 5) is 0. The molecule has 1 aromatic carbocycles. The fourth-order valence-electron chi connectivity index (χ4n) is 1.56. The molecule has 0 aliphatic heterocycles. The molecule has 0 amide bonds. The van der Waals surface area contributed by atoms with E-state index < -0.39 is 0 Å². The highest BCUT2D eigenvalue weighted by molar-refractivity contribution is 6.18. The van der Waals surface area contributed by atoms with Crippen molar-refractivity contribution < 1.29 is 0 Å². The van der Waals surface area contributed by atoms with Gasteiger partial charge in [0.05, 0.1) is 0 Å². The molecule has 1 aliphatic carbocycles. The molecule has 0 heterocycles. The molecule has 65 valence electrons. The highest BCUT2D eigenvalue weighted by atomic mass is 35.5. The Morgan fingerprint density at radius 3 is 3.31 bits per heavy atom. The third kappa shape index (κ3) is 1.68. The Labute approximate surface area is 83.5 Å². The maximum atomic E-state index is 5.59. The van der Waals surface area contributed by atoms with Crippen molar-refractivity contribution >= 4 is 17.7 Å². The van der Waals surface area contributed by atoms with Crippen molar-refractivity contribution in [2.75, 3.05) is 5.88 Å². The topological polar surface area (TPSA) is 0 Å². The van der Waals surface area contributed by atoms with Crippen LogP contribution in [0.5, 0.6) is 0 Å². The molecule has 1 unspecified atom stereocenters. The van der Waals surface area contributed by atoms with E-state index in [1.807, 2.05) is 18.2 Å². The zero-order valence-corrected chi connectivity index (χ0v) is 7.96. The molecule has 2 rings (SSSR count). The average Bonchev–Trinajstić information content (AvgIpc) is 2.58. The van der Waals surface area contributed by atoms with Crippen molar-refractivity contribution in [2.24, 2.45) is 0 Å². The Balaban J connectivity index is 2.28. The second-order valence-corrected chi connectivity index (χ2v) is 3.32. The van der Waals surface area contributed by atoms with Crippen LogP contribution in [0.2, 0.25) is 0 Å². The van der Waals surface area contributed by atoms with Crippen LogP contribution in [0.15, 0.2) is 36.4 Å². The van der Waals surface area contributed by atoms with Gasteiger partial charge in [-0.25, -0.2) is 0 Å². The number of rotatable bonds is 2. The maximum Gasteiger partial charge on any atom is 0.0404 e. The average molecular weight is 190 g/mol. The molecule has 1 aromatic rings. The number of alkyl halides is 1. The van der Waals surface area contributed by atoms with E-state index in [-0.39, 0.29) is 0 Å². The van der Waals surface area contributed by atoms with Gasteiger partial charge in [0.2, 0.25) is 0 Å². The molecule has 0 spiro atoms. The van der Waals surface area contributed by atoms with Gasteiger partial charge in [-0.15, -0.1) is 11.6 Å². The molecular formula is C12H10Cl. The fourth-order valence-corrected chi connectivity index (χ4v) is 1.66. The zero-order valence-electron chi connectivity index (χ0n) is 7.20. The summed E-state index contributed by atoms with van der Waals surface area (Å²) in [5, 5.41) is 0. The van der Waals surface area contributed by atoms with E-state index in [0.717, 1.165) is 0 Å². The summed E-state index contributed by atoms with van der Waals surface area (Å²) in [7, 11) is 0. The van der Waals surface area contributed by atoms with Gasteiger partial charge in [0.25, 0.3) is 0 Å². The van der Waals surface area contributed by atoms with Crippen molar-refractivity contribution in [3.05, 3.63) is 53.6 Å². The van der Waals surface area contributed by atoms with Gasteiger partial charge in [0.15, 0.2) is 0 Å². The van der Waals surface area contributed by atoms with E-state index >= 15 is 0 Å². The Morgan fingerprint density at radius 2 is 2.46 bits per heavy atom. The molecule has 0 fully saturated rings. The monoisotopic (exact) mass is 189 g/mol. The van der Waals surface area contributed by atoms with Gasteiger partial charge >= 0.3 is 0 Å². The minimum atomic E-state index is 0.370. The number of hydrogen-bond acceptors (Lipinski definition) is 0. The lowest BCUT2D eigenvalue weighted by Gasteiger charge is -2.03. The summed E-state index contributed by atoms with van der Waals surface area (Å²) >= 11 is 5.59. The highest BCUT2D eigenvalue weighted by Crippen LogP contribution is 2.30. The summed E-state index contributed by atoms with van der Waals surface area (Å²) in [6.07, 6.45) is 8.40. The van der Waals surface area contributed by atoms with Gasteiger partial charge in [-0.3, -0.25) is 0 Å². The SMILES string of the molecule is ClCC=CC1C=Cc2ccc[c]c21. The minimum absolute atomic E-state index is 0.370. The first kappa shape index (κ1) is 8.58. The number of benzene rings is 1. The van der Waals surface area contributed by atoms with E-state index in [0.29, 0.717) is 11.8 Å². The first-order valence-corrected chi connectivity index (χ1v) is 4.86. The lowest BCUT2D eigenvalue weighted by atomic mass is 10.0. The zero-order chi connectivity index (χ0) is 9.10. The van der Waals surface area contributed by atoms with Crippen LogP contribution < -0.4 is 0 Å². The summed E-state index contributed by atoms with van der Waals surface area (Å²) in [5.41, 5.74) is 2.52. The third-order valence-electron chi connectivity index (χ3n) is 2.17. The maximum absolute atomic E-state index is 5.59. The molecule has 1 radical (unpaired) electrons. The van der Waals surface area contributed by atoms with Gasteiger partial charge < -0.3 is 0 Å². The van der Waals surface area contributed by atoms with Crippen LogP contribution in [-0.2, 0) is 0 Å². The smallest absolute Gasteiger partial charge is 0.0404 e. The molecule has 0 nitrogen and oxygen atoms in total. The summed E-state index contributed by atoms with van der Waals surface area (Å²) < 4.78 is 0. The van der Waals surface area contributed by atoms with E-state index in [4.69, 9.17) is 11.6 Å². The van der Waals surface area contributed by atoms with E-state index in [1.165, 1.54) is 11.1 Å². The van der Waals surface area contributed by atoms with Crippen LogP contribution in [0.4, 0.5) is 0 Å². The van der Waals surface area contributed by atoms with Crippen LogP contribution >= 0.6 is 11.6 Å². The number of halogens is 1. The molecule has 0 saturated heterocycles.